The zero-order chi connectivity index (χ0) is 25.5. The van der Waals surface area contributed by atoms with Crippen molar-refractivity contribution >= 4 is 39.2 Å². The summed E-state index contributed by atoms with van der Waals surface area (Å²) in [5.74, 6) is 0.830. The van der Waals surface area contributed by atoms with Crippen LogP contribution in [0.1, 0.15) is 33.4 Å². The maximum absolute atomic E-state index is 6.07. The maximum Gasteiger partial charge on any atom is 0.133 e. The molecule has 0 bridgehead atoms. The van der Waals surface area contributed by atoms with Crippen molar-refractivity contribution in [2.75, 3.05) is 7.11 Å². The van der Waals surface area contributed by atoms with Crippen molar-refractivity contribution in [1.29, 1.82) is 0 Å². The number of methoxy groups -OCH3 is 1. The molecule has 5 aromatic rings. The summed E-state index contributed by atoms with van der Waals surface area (Å²) in [4.78, 5) is 0. The second-order valence-electron chi connectivity index (χ2n) is 8.70. The zero-order valence-corrected chi connectivity index (χ0v) is 22.2. The molecule has 0 aliphatic carbocycles. The zero-order valence-electron chi connectivity index (χ0n) is 20.6. The van der Waals surface area contributed by atoms with E-state index in [4.69, 9.17) is 4.74 Å². The van der Waals surface area contributed by atoms with Crippen LogP contribution in [-0.2, 0) is 0 Å². The van der Waals surface area contributed by atoms with E-state index in [2.05, 4.69) is 137 Å². The van der Waals surface area contributed by atoms with Gasteiger partial charge in [-0.3, -0.25) is 0 Å². The van der Waals surface area contributed by atoms with Gasteiger partial charge in [-0.05, 0) is 57.7 Å². The normalized spacial score (nSPS) is 10.4. The second kappa shape index (κ2) is 11.7. The number of halogens is 1. The van der Waals surface area contributed by atoms with Crippen LogP contribution in [0.5, 0.6) is 5.75 Å². The molecule has 0 saturated heterocycles. The smallest absolute Gasteiger partial charge is 0.133 e. The molecule has 2 heteroatoms. The highest BCUT2D eigenvalue weighted by Gasteiger charge is 2.14. The molecule has 0 amide bonds. The van der Waals surface area contributed by atoms with Gasteiger partial charge in [0.1, 0.15) is 5.75 Å². The molecule has 0 spiro atoms. The first kappa shape index (κ1) is 24.5. The Morgan fingerprint density at radius 2 is 0.811 bits per heavy atom. The van der Waals surface area contributed by atoms with Crippen LogP contribution in [0.25, 0.3) is 23.3 Å². The Balaban J connectivity index is 1.72. The highest BCUT2D eigenvalue weighted by molar-refractivity contribution is 9.10. The predicted molar refractivity (Wildman–Crippen MR) is 160 cm³/mol. The van der Waals surface area contributed by atoms with Crippen molar-refractivity contribution in [3.05, 3.63) is 171 Å². The first-order chi connectivity index (χ1) is 18.2. The third kappa shape index (κ3) is 5.82. The molecule has 0 heterocycles. The summed E-state index contributed by atoms with van der Waals surface area (Å²) in [5.41, 5.74) is 8.91. The van der Waals surface area contributed by atoms with Crippen LogP contribution in [0.2, 0.25) is 0 Å². The van der Waals surface area contributed by atoms with Crippen LogP contribution in [-0.4, -0.2) is 7.11 Å². The van der Waals surface area contributed by atoms with Gasteiger partial charge in [0.25, 0.3) is 0 Å². The van der Waals surface area contributed by atoms with Gasteiger partial charge in [0.15, 0.2) is 0 Å². The largest absolute Gasteiger partial charge is 0.496 e. The van der Waals surface area contributed by atoms with Crippen molar-refractivity contribution in [2.24, 2.45) is 0 Å². The predicted octanol–water partition coefficient (Wildman–Crippen LogP) is 9.64. The lowest BCUT2D eigenvalue weighted by Crippen LogP contribution is -1.95. The molecule has 0 atom stereocenters. The summed E-state index contributed by atoms with van der Waals surface area (Å²) < 4.78 is 7.06. The van der Waals surface area contributed by atoms with Crippen LogP contribution in [0.15, 0.2) is 138 Å². The van der Waals surface area contributed by atoms with Crippen molar-refractivity contribution in [3.63, 3.8) is 0 Å². The van der Waals surface area contributed by atoms with Crippen molar-refractivity contribution in [1.82, 2.24) is 0 Å². The van der Waals surface area contributed by atoms with Gasteiger partial charge < -0.3 is 4.74 Å². The van der Waals surface area contributed by atoms with E-state index >= 15 is 0 Å². The minimum atomic E-state index is 0.830. The van der Waals surface area contributed by atoms with E-state index < -0.39 is 0 Å². The lowest BCUT2D eigenvalue weighted by atomic mass is 9.93. The molecule has 5 rings (SSSR count). The van der Waals surface area contributed by atoms with E-state index in [1.165, 1.54) is 0 Å². The fourth-order valence-corrected chi connectivity index (χ4v) is 5.03. The molecule has 0 N–H and O–H groups in total. The number of benzene rings is 5. The van der Waals surface area contributed by atoms with Crippen LogP contribution in [0.3, 0.4) is 0 Å². The standard InChI is InChI=1S/C35H27BrO/c1-37-35-30(24-33(26-14-6-2-7-15-26)27-16-8-3-9-17-27)22-32(36)23-31(35)25-34(28-18-10-4-11-19-28)29-20-12-5-13-21-29/h2-25H,1H3. The molecule has 0 aliphatic heterocycles. The number of ether oxygens (including phenoxy) is 1. The molecule has 0 aliphatic rings. The third-order valence-corrected chi connectivity index (χ3v) is 6.71. The lowest BCUT2D eigenvalue weighted by molar-refractivity contribution is 0.413. The fraction of sp³-hybridized carbons (Fsp3) is 0.0286. The van der Waals surface area contributed by atoms with Gasteiger partial charge in [-0.15, -0.1) is 0 Å². The first-order valence-corrected chi connectivity index (χ1v) is 13.0. The van der Waals surface area contributed by atoms with Gasteiger partial charge in [0, 0.05) is 15.6 Å². The summed E-state index contributed by atoms with van der Waals surface area (Å²) >= 11 is 3.77. The Hall–Kier alpha value is -4.14. The lowest BCUT2D eigenvalue weighted by Gasteiger charge is -2.15. The summed E-state index contributed by atoms with van der Waals surface area (Å²) in [7, 11) is 1.74. The third-order valence-electron chi connectivity index (χ3n) is 6.25. The summed E-state index contributed by atoms with van der Waals surface area (Å²) in [5, 5.41) is 0. The molecule has 0 aromatic heterocycles. The Labute approximate surface area is 227 Å². The minimum absolute atomic E-state index is 0.830. The Morgan fingerprint density at radius 3 is 1.08 bits per heavy atom. The van der Waals surface area contributed by atoms with Gasteiger partial charge in [-0.2, -0.15) is 0 Å². The summed E-state index contributed by atoms with van der Waals surface area (Å²) in [6, 6.07) is 46.2. The van der Waals surface area contributed by atoms with Crippen molar-refractivity contribution in [3.8, 4) is 5.75 Å². The monoisotopic (exact) mass is 542 g/mol. The van der Waals surface area contributed by atoms with Crippen molar-refractivity contribution < 1.29 is 4.74 Å². The average Bonchev–Trinajstić information content (AvgIpc) is 2.96. The number of hydrogen-bond acceptors (Lipinski definition) is 1. The highest BCUT2D eigenvalue weighted by Crippen LogP contribution is 2.37. The van der Waals surface area contributed by atoms with E-state index in [1.54, 1.807) is 7.11 Å². The van der Waals surface area contributed by atoms with Crippen LogP contribution in [0.4, 0.5) is 0 Å². The van der Waals surface area contributed by atoms with Crippen LogP contribution >= 0.6 is 15.9 Å². The molecule has 37 heavy (non-hydrogen) atoms. The van der Waals surface area contributed by atoms with E-state index in [9.17, 15) is 0 Å². The fourth-order valence-electron chi connectivity index (χ4n) is 4.54. The van der Waals surface area contributed by atoms with Gasteiger partial charge >= 0.3 is 0 Å². The van der Waals surface area contributed by atoms with E-state index in [1.807, 2.05) is 24.3 Å². The molecule has 180 valence electrons. The number of rotatable bonds is 7. The van der Waals surface area contributed by atoms with Gasteiger partial charge in [-0.25, -0.2) is 0 Å². The highest BCUT2D eigenvalue weighted by atomic mass is 79.9. The maximum atomic E-state index is 6.07. The second-order valence-corrected chi connectivity index (χ2v) is 9.61. The molecule has 5 aromatic carbocycles. The Bertz CT molecular complexity index is 1320. The van der Waals surface area contributed by atoms with Crippen LogP contribution < -0.4 is 4.74 Å². The number of hydrogen-bond donors (Lipinski definition) is 0. The van der Waals surface area contributed by atoms with Gasteiger partial charge in [-0.1, -0.05) is 137 Å². The molecular formula is C35H27BrO. The van der Waals surface area contributed by atoms with Crippen molar-refractivity contribution in [2.45, 2.75) is 0 Å². The molecule has 0 radical (unpaired) electrons. The molecule has 1 nitrogen and oxygen atoms in total. The molecular weight excluding hydrogens is 516 g/mol. The van der Waals surface area contributed by atoms with Crippen LogP contribution in [0, 0.1) is 0 Å². The van der Waals surface area contributed by atoms with E-state index in [0.717, 1.165) is 54.7 Å². The summed E-state index contributed by atoms with van der Waals surface area (Å²) in [6.07, 6.45) is 4.44. The molecule has 0 fully saturated rings. The van der Waals surface area contributed by atoms with E-state index in [-0.39, 0.29) is 0 Å². The van der Waals surface area contributed by atoms with Gasteiger partial charge in [0.2, 0.25) is 0 Å². The molecule has 0 unspecified atom stereocenters. The first-order valence-electron chi connectivity index (χ1n) is 12.3. The van der Waals surface area contributed by atoms with Gasteiger partial charge in [0.05, 0.1) is 7.11 Å². The minimum Gasteiger partial charge on any atom is -0.496 e. The molecule has 0 saturated carbocycles. The summed E-state index contributed by atoms with van der Waals surface area (Å²) in [6.45, 7) is 0. The SMILES string of the molecule is COc1c(C=C(c2ccccc2)c2ccccc2)cc(Br)cc1C=C(c1ccccc1)c1ccccc1. The Morgan fingerprint density at radius 1 is 0.514 bits per heavy atom. The average molecular weight is 544 g/mol. The Kier molecular flexibility index (Phi) is 7.78. The quantitative estimate of drug-likeness (QED) is 0.186. The topological polar surface area (TPSA) is 9.23 Å². The van der Waals surface area contributed by atoms with E-state index in [0.29, 0.717) is 0 Å².